The quantitative estimate of drug-likeness (QED) is 0.729. The Bertz CT molecular complexity index is 361. The minimum Gasteiger partial charge on any atom is -0.297 e. The molecule has 88 valence electrons. The Morgan fingerprint density at radius 3 is 2.44 bits per heavy atom. The Hall–Kier alpha value is -0.890. The van der Waals surface area contributed by atoms with Crippen molar-refractivity contribution in [1.82, 2.24) is 0 Å². The lowest BCUT2D eigenvalue weighted by molar-refractivity contribution is -0.120. The normalized spacial score (nSPS) is 16.0. The van der Waals surface area contributed by atoms with Gasteiger partial charge in [-0.15, -0.1) is 11.6 Å². The van der Waals surface area contributed by atoms with Crippen molar-refractivity contribution in [3.63, 3.8) is 0 Å². The van der Waals surface area contributed by atoms with Gasteiger partial charge in [-0.25, -0.2) is 4.39 Å². The summed E-state index contributed by atoms with van der Waals surface area (Å²) >= 11 is 5.91. The van der Waals surface area contributed by atoms with Gasteiger partial charge in [0.2, 0.25) is 0 Å². The van der Waals surface area contributed by atoms with E-state index in [1.165, 1.54) is 6.07 Å². The van der Waals surface area contributed by atoms with Gasteiger partial charge in [-0.05, 0) is 18.9 Å². The van der Waals surface area contributed by atoms with Crippen LogP contribution in [0.25, 0.3) is 0 Å². The standard InChI is InChI=1S/C11H10ClFO.C2H6/c12-10(11(14)7-5-6-7)8-3-1-2-4-9(8)13;1-2/h1-4,7,10H,5-6H2;1-2H3. The van der Waals surface area contributed by atoms with Gasteiger partial charge in [0.05, 0.1) is 0 Å². The Kier molecular flexibility index (Phi) is 4.94. The summed E-state index contributed by atoms with van der Waals surface area (Å²) in [6.07, 6.45) is 1.80. The van der Waals surface area contributed by atoms with Crippen molar-refractivity contribution in [2.45, 2.75) is 32.1 Å². The number of carbonyl (C=O) groups is 1. The average molecular weight is 243 g/mol. The highest BCUT2D eigenvalue weighted by Gasteiger charge is 2.35. The van der Waals surface area contributed by atoms with Gasteiger partial charge in [0.15, 0.2) is 5.78 Å². The van der Waals surface area contributed by atoms with E-state index in [1.807, 2.05) is 13.8 Å². The van der Waals surface area contributed by atoms with Crippen LogP contribution in [0, 0.1) is 11.7 Å². The van der Waals surface area contributed by atoms with E-state index in [4.69, 9.17) is 11.6 Å². The van der Waals surface area contributed by atoms with E-state index < -0.39 is 11.2 Å². The van der Waals surface area contributed by atoms with Crippen LogP contribution in [0.15, 0.2) is 24.3 Å². The molecular weight excluding hydrogens is 227 g/mol. The zero-order valence-electron chi connectivity index (χ0n) is 9.54. The second-order valence-corrected chi connectivity index (χ2v) is 4.00. The fraction of sp³-hybridized carbons (Fsp3) is 0.462. The van der Waals surface area contributed by atoms with E-state index >= 15 is 0 Å². The minimum atomic E-state index is -0.816. The van der Waals surface area contributed by atoms with Gasteiger partial charge in [-0.2, -0.15) is 0 Å². The summed E-state index contributed by atoms with van der Waals surface area (Å²) in [5.41, 5.74) is 0.297. The molecule has 1 fully saturated rings. The number of ketones is 1. The molecule has 2 rings (SSSR count). The molecular formula is C13H16ClFO. The molecule has 16 heavy (non-hydrogen) atoms. The highest BCUT2D eigenvalue weighted by Crippen LogP contribution is 2.37. The summed E-state index contributed by atoms with van der Waals surface area (Å²) in [5, 5.41) is -0.816. The first-order valence-corrected chi connectivity index (χ1v) is 6.06. The number of alkyl halides is 1. The first-order valence-electron chi connectivity index (χ1n) is 5.62. The second kappa shape index (κ2) is 6.00. The highest BCUT2D eigenvalue weighted by molar-refractivity contribution is 6.31. The Balaban J connectivity index is 0.000000606. The van der Waals surface area contributed by atoms with Crippen LogP contribution in [0.5, 0.6) is 0 Å². The molecule has 1 saturated carbocycles. The Labute approximate surface area is 101 Å². The predicted molar refractivity (Wildman–Crippen MR) is 64.1 cm³/mol. The van der Waals surface area contributed by atoms with Gasteiger partial charge in [0.1, 0.15) is 11.2 Å². The lowest BCUT2D eigenvalue weighted by Gasteiger charge is -2.08. The maximum absolute atomic E-state index is 13.2. The lowest BCUT2D eigenvalue weighted by Crippen LogP contribution is -2.10. The number of hydrogen-bond acceptors (Lipinski definition) is 1. The number of hydrogen-bond donors (Lipinski definition) is 0. The van der Waals surface area contributed by atoms with Crippen LogP contribution < -0.4 is 0 Å². The zero-order chi connectivity index (χ0) is 12.1. The number of carbonyl (C=O) groups excluding carboxylic acids is 1. The molecule has 0 bridgehead atoms. The molecule has 1 atom stereocenters. The van der Waals surface area contributed by atoms with Crippen molar-refractivity contribution in [2.24, 2.45) is 5.92 Å². The minimum absolute atomic E-state index is 0.0447. The van der Waals surface area contributed by atoms with E-state index in [9.17, 15) is 9.18 Å². The SMILES string of the molecule is CC.O=C(C1CC1)C(Cl)c1ccccc1F. The monoisotopic (exact) mass is 242 g/mol. The van der Waals surface area contributed by atoms with Gasteiger partial charge in [0, 0.05) is 11.5 Å². The smallest absolute Gasteiger partial charge is 0.158 e. The van der Waals surface area contributed by atoms with E-state index in [0.29, 0.717) is 5.56 Å². The Morgan fingerprint density at radius 2 is 1.94 bits per heavy atom. The Morgan fingerprint density at radius 1 is 1.38 bits per heavy atom. The third kappa shape index (κ3) is 3.05. The molecule has 0 heterocycles. The van der Waals surface area contributed by atoms with Gasteiger partial charge in [-0.1, -0.05) is 32.0 Å². The zero-order valence-corrected chi connectivity index (χ0v) is 10.3. The van der Waals surface area contributed by atoms with Crippen LogP contribution in [0.1, 0.15) is 37.6 Å². The fourth-order valence-electron chi connectivity index (χ4n) is 1.41. The second-order valence-electron chi connectivity index (χ2n) is 3.56. The average Bonchev–Trinajstić information content (AvgIpc) is 3.14. The van der Waals surface area contributed by atoms with Crippen molar-refractivity contribution in [3.8, 4) is 0 Å². The number of halogens is 2. The van der Waals surface area contributed by atoms with Gasteiger partial charge >= 0.3 is 0 Å². The number of Topliss-reactive ketones (excluding diaryl/α,β-unsaturated/α-hetero) is 1. The van der Waals surface area contributed by atoms with Crippen molar-refractivity contribution in [3.05, 3.63) is 35.6 Å². The summed E-state index contributed by atoms with van der Waals surface area (Å²) in [6, 6.07) is 6.16. The van der Waals surface area contributed by atoms with E-state index in [0.717, 1.165) is 12.8 Å². The number of benzene rings is 1. The van der Waals surface area contributed by atoms with Gasteiger partial charge < -0.3 is 0 Å². The molecule has 0 aromatic heterocycles. The van der Waals surface area contributed by atoms with Crippen LogP contribution in [-0.2, 0) is 4.79 Å². The summed E-state index contributed by atoms with van der Waals surface area (Å²) in [5.74, 6) is -0.379. The topological polar surface area (TPSA) is 17.1 Å². The molecule has 0 saturated heterocycles. The molecule has 1 aliphatic rings. The maximum Gasteiger partial charge on any atom is 0.158 e. The molecule has 0 N–H and O–H groups in total. The molecule has 0 spiro atoms. The van der Waals surface area contributed by atoms with Gasteiger partial charge in [0.25, 0.3) is 0 Å². The lowest BCUT2D eigenvalue weighted by atomic mass is 10.1. The summed E-state index contributed by atoms with van der Waals surface area (Å²) < 4.78 is 13.2. The molecule has 1 aromatic carbocycles. The largest absolute Gasteiger partial charge is 0.297 e. The molecule has 0 amide bonds. The van der Waals surface area contributed by atoms with Crippen LogP contribution in [0.4, 0.5) is 4.39 Å². The highest BCUT2D eigenvalue weighted by atomic mass is 35.5. The van der Waals surface area contributed by atoms with E-state index in [2.05, 4.69) is 0 Å². The molecule has 1 nitrogen and oxygen atoms in total. The van der Waals surface area contributed by atoms with Crippen molar-refractivity contribution < 1.29 is 9.18 Å². The van der Waals surface area contributed by atoms with Crippen LogP contribution in [-0.4, -0.2) is 5.78 Å². The summed E-state index contributed by atoms with van der Waals surface area (Å²) in [4.78, 5) is 11.6. The third-order valence-electron chi connectivity index (χ3n) is 2.41. The van der Waals surface area contributed by atoms with E-state index in [-0.39, 0.29) is 11.7 Å². The fourth-order valence-corrected chi connectivity index (χ4v) is 1.76. The van der Waals surface area contributed by atoms with E-state index in [1.54, 1.807) is 18.2 Å². The molecule has 0 aliphatic heterocycles. The molecule has 3 heteroatoms. The number of rotatable bonds is 3. The van der Waals surface area contributed by atoms with Gasteiger partial charge in [-0.3, -0.25) is 4.79 Å². The first-order chi connectivity index (χ1) is 7.70. The third-order valence-corrected chi connectivity index (χ3v) is 2.86. The van der Waals surface area contributed by atoms with Crippen molar-refractivity contribution >= 4 is 17.4 Å². The molecule has 1 aliphatic carbocycles. The van der Waals surface area contributed by atoms with Crippen molar-refractivity contribution in [2.75, 3.05) is 0 Å². The summed E-state index contributed by atoms with van der Waals surface area (Å²) in [7, 11) is 0. The molecule has 1 aromatic rings. The van der Waals surface area contributed by atoms with Crippen LogP contribution >= 0.6 is 11.6 Å². The predicted octanol–water partition coefficient (Wildman–Crippen LogP) is 4.11. The van der Waals surface area contributed by atoms with Crippen LogP contribution in [0.3, 0.4) is 0 Å². The first kappa shape index (κ1) is 13.2. The summed E-state index contributed by atoms with van der Waals surface area (Å²) in [6.45, 7) is 4.00. The van der Waals surface area contributed by atoms with Crippen molar-refractivity contribution in [1.29, 1.82) is 0 Å². The van der Waals surface area contributed by atoms with Crippen LogP contribution in [0.2, 0.25) is 0 Å². The molecule has 1 unspecified atom stereocenters. The molecule has 0 radical (unpaired) electrons. The maximum atomic E-state index is 13.2.